The number of rotatable bonds is 10. The second-order valence-electron chi connectivity index (χ2n) is 6.13. The lowest BCUT2D eigenvalue weighted by Gasteiger charge is -2.15. The second kappa shape index (κ2) is 10.2. The van der Waals surface area contributed by atoms with Crippen molar-refractivity contribution in [3.05, 3.63) is 53.6 Å². The quantitative estimate of drug-likeness (QED) is 0.651. The number of carboxylic acid groups (broad SMARTS) is 1. The van der Waals surface area contributed by atoms with Crippen LogP contribution in [0.15, 0.2) is 42.5 Å². The van der Waals surface area contributed by atoms with Crippen LogP contribution in [0.4, 0.5) is 0 Å². The first kappa shape index (κ1) is 21.1. The number of aliphatic carboxylic acids is 1. The minimum atomic E-state index is -0.975. The lowest BCUT2D eigenvalue weighted by atomic mass is 9.99. The molecule has 2 N–H and O–H groups in total. The summed E-state index contributed by atoms with van der Waals surface area (Å²) in [4.78, 5) is 24.1. The zero-order valence-electron chi connectivity index (χ0n) is 16.2. The Morgan fingerprint density at radius 3 is 2.11 bits per heavy atom. The second-order valence-corrected chi connectivity index (χ2v) is 6.13. The highest BCUT2D eigenvalue weighted by Crippen LogP contribution is 2.22. The molecule has 7 heteroatoms. The van der Waals surface area contributed by atoms with E-state index < -0.39 is 17.8 Å². The van der Waals surface area contributed by atoms with E-state index in [0.717, 1.165) is 11.3 Å². The Morgan fingerprint density at radius 2 is 1.61 bits per heavy atom. The first-order valence-corrected chi connectivity index (χ1v) is 8.92. The Bertz CT molecular complexity index is 781. The summed E-state index contributed by atoms with van der Waals surface area (Å²) in [6.07, 6.45) is 0.295. The highest BCUT2D eigenvalue weighted by molar-refractivity contribution is 5.95. The van der Waals surface area contributed by atoms with E-state index in [1.807, 2.05) is 19.1 Å². The molecule has 0 radical (unpaired) electrons. The first-order chi connectivity index (χ1) is 13.5. The number of carbonyl (C=O) groups excluding carboxylic acids is 1. The molecule has 1 unspecified atom stereocenters. The van der Waals surface area contributed by atoms with Crippen molar-refractivity contribution in [2.45, 2.75) is 13.3 Å². The Morgan fingerprint density at radius 1 is 1.00 bits per heavy atom. The van der Waals surface area contributed by atoms with Crippen molar-refractivity contribution in [3.63, 3.8) is 0 Å². The normalized spacial score (nSPS) is 11.4. The molecule has 1 amide bonds. The average Bonchev–Trinajstić information content (AvgIpc) is 2.71. The zero-order valence-corrected chi connectivity index (χ0v) is 16.2. The van der Waals surface area contributed by atoms with E-state index in [-0.39, 0.29) is 6.54 Å². The molecule has 2 aromatic carbocycles. The van der Waals surface area contributed by atoms with E-state index in [1.54, 1.807) is 30.3 Å². The van der Waals surface area contributed by atoms with Crippen LogP contribution in [0.25, 0.3) is 0 Å². The predicted molar refractivity (Wildman–Crippen MR) is 104 cm³/mol. The van der Waals surface area contributed by atoms with Gasteiger partial charge in [0, 0.05) is 18.2 Å². The minimum Gasteiger partial charge on any atom is -0.497 e. The number of nitrogens with one attached hydrogen (secondary N) is 1. The summed E-state index contributed by atoms with van der Waals surface area (Å²) in [6.45, 7) is 2.47. The lowest BCUT2D eigenvalue weighted by Crippen LogP contribution is -2.34. The van der Waals surface area contributed by atoms with Crippen LogP contribution in [0.2, 0.25) is 0 Å². The number of benzene rings is 2. The number of carbonyl (C=O) groups is 2. The van der Waals surface area contributed by atoms with Crippen LogP contribution in [0.5, 0.6) is 17.2 Å². The standard InChI is InChI=1S/C21H25NO6/c1-4-28-17-7-5-14(6-8-17)9-16(21(24)25)13-22-20(23)15-10-18(26-2)12-19(11-15)27-3/h5-8,10-12,16H,4,9,13H2,1-3H3,(H,22,23)(H,24,25). The molecular formula is C21H25NO6. The van der Waals surface area contributed by atoms with Crippen molar-refractivity contribution in [2.75, 3.05) is 27.4 Å². The fourth-order valence-corrected chi connectivity index (χ4v) is 2.68. The van der Waals surface area contributed by atoms with Gasteiger partial charge in [0.25, 0.3) is 5.91 Å². The SMILES string of the molecule is CCOc1ccc(CC(CNC(=O)c2cc(OC)cc(OC)c2)C(=O)O)cc1. The van der Waals surface area contributed by atoms with E-state index in [9.17, 15) is 14.7 Å². The summed E-state index contributed by atoms with van der Waals surface area (Å²) >= 11 is 0. The predicted octanol–water partition coefficient (Wildman–Crippen LogP) is 2.78. The monoisotopic (exact) mass is 387 g/mol. The molecule has 0 saturated carbocycles. The number of hydrogen-bond acceptors (Lipinski definition) is 5. The van der Waals surface area contributed by atoms with Crippen molar-refractivity contribution >= 4 is 11.9 Å². The summed E-state index contributed by atoms with van der Waals surface area (Å²) in [5.74, 6) is -0.428. The van der Waals surface area contributed by atoms with Gasteiger partial charge in [0.05, 0.1) is 26.7 Å². The number of hydrogen-bond donors (Lipinski definition) is 2. The maximum atomic E-state index is 12.4. The van der Waals surface area contributed by atoms with Crippen LogP contribution < -0.4 is 19.5 Å². The van der Waals surface area contributed by atoms with Gasteiger partial charge in [-0.3, -0.25) is 9.59 Å². The van der Waals surface area contributed by atoms with Crippen LogP contribution in [0.3, 0.4) is 0 Å². The van der Waals surface area contributed by atoms with Gasteiger partial charge < -0.3 is 24.6 Å². The van der Waals surface area contributed by atoms with Crippen molar-refractivity contribution < 1.29 is 28.9 Å². The number of ether oxygens (including phenoxy) is 3. The topological polar surface area (TPSA) is 94.1 Å². The highest BCUT2D eigenvalue weighted by atomic mass is 16.5. The van der Waals surface area contributed by atoms with Crippen LogP contribution in [-0.2, 0) is 11.2 Å². The smallest absolute Gasteiger partial charge is 0.308 e. The van der Waals surface area contributed by atoms with Gasteiger partial charge in [0.1, 0.15) is 17.2 Å². The number of methoxy groups -OCH3 is 2. The fraction of sp³-hybridized carbons (Fsp3) is 0.333. The molecular weight excluding hydrogens is 362 g/mol. The molecule has 0 heterocycles. The van der Waals surface area contributed by atoms with Gasteiger partial charge in [-0.05, 0) is 43.2 Å². The molecule has 0 spiro atoms. The van der Waals surface area contributed by atoms with Gasteiger partial charge >= 0.3 is 5.97 Å². The molecule has 0 aliphatic carbocycles. The molecule has 0 aliphatic heterocycles. The molecule has 2 rings (SSSR count). The molecule has 0 aliphatic rings. The van der Waals surface area contributed by atoms with Crippen molar-refractivity contribution in [1.29, 1.82) is 0 Å². The summed E-state index contributed by atoms with van der Waals surface area (Å²) in [6, 6.07) is 12.1. The maximum Gasteiger partial charge on any atom is 0.308 e. The third-order valence-corrected chi connectivity index (χ3v) is 4.19. The largest absolute Gasteiger partial charge is 0.497 e. The summed E-state index contributed by atoms with van der Waals surface area (Å²) < 4.78 is 15.7. The van der Waals surface area contributed by atoms with Crippen LogP contribution in [0.1, 0.15) is 22.8 Å². The molecule has 2 aromatic rings. The van der Waals surface area contributed by atoms with Crippen molar-refractivity contribution in [1.82, 2.24) is 5.32 Å². The molecule has 1 atom stereocenters. The maximum absolute atomic E-state index is 12.4. The van der Waals surface area contributed by atoms with Gasteiger partial charge in [-0.2, -0.15) is 0 Å². The fourth-order valence-electron chi connectivity index (χ4n) is 2.68. The molecule has 7 nitrogen and oxygen atoms in total. The van der Waals surface area contributed by atoms with E-state index in [0.29, 0.717) is 30.1 Å². The molecule has 0 bridgehead atoms. The number of carboxylic acids is 1. The lowest BCUT2D eigenvalue weighted by molar-refractivity contribution is -0.141. The Balaban J connectivity index is 2.02. The number of amides is 1. The third-order valence-electron chi connectivity index (χ3n) is 4.19. The molecule has 0 aromatic heterocycles. The minimum absolute atomic E-state index is 0.000896. The molecule has 0 fully saturated rings. The zero-order chi connectivity index (χ0) is 20.5. The van der Waals surface area contributed by atoms with Gasteiger partial charge in [0.2, 0.25) is 0 Å². The first-order valence-electron chi connectivity index (χ1n) is 8.92. The van der Waals surface area contributed by atoms with Gasteiger partial charge in [-0.15, -0.1) is 0 Å². The van der Waals surface area contributed by atoms with Crippen molar-refractivity contribution in [3.8, 4) is 17.2 Å². The molecule has 28 heavy (non-hydrogen) atoms. The summed E-state index contributed by atoms with van der Waals surface area (Å²) in [5.41, 5.74) is 1.19. The van der Waals surface area contributed by atoms with Gasteiger partial charge in [-0.1, -0.05) is 12.1 Å². The summed E-state index contributed by atoms with van der Waals surface area (Å²) in [7, 11) is 2.99. The molecule has 0 saturated heterocycles. The highest BCUT2D eigenvalue weighted by Gasteiger charge is 2.20. The van der Waals surface area contributed by atoms with Gasteiger partial charge in [0.15, 0.2) is 0 Å². The summed E-state index contributed by atoms with van der Waals surface area (Å²) in [5, 5.41) is 12.2. The van der Waals surface area contributed by atoms with E-state index in [1.165, 1.54) is 14.2 Å². The van der Waals surface area contributed by atoms with Gasteiger partial charge in [-0.25, -0.2) is 0 Å². The van der Waals surface area contributed by atoms with Crippen LogP contribution in [-0.4, -0.2) is 44.4 Å². The van der Waals surface area contributed by atoms with Crippen molar-refractivity contribution in [2.24, 2.45) is 5.92 Å². The Labute approximate surface area is 164 Å². The van der Waals surface area contributed by atoms with Crippen LogP contribution >= 0.6 is 0 Å². The average molecular weight is 387 g/mol. The Hall–Kier alpha value is -3.22. The van der Waals surface area contributed by atoms with E-state index in [2.05, 4.69) is 5.32 Å². The Kier molecular flexibility index (Phi) is 7.68. The van der Waals surface area contributed by atoms with E-state index >= 15 is 0 Å². The molecule has 150 valence electrons. The van der Waals surface area contributed by atoms with Crippen LogP contribution in [0, 0.1) is 5.92 Å². The third kappa shape index (κ3) is 5.90. The van der Waals surface area contributed by atoms with E-state index in [4.69, 9.17) is 14.2 Å².